The molecule has 7 aromatic carbocycles. The molecule has 4 nitrogen and oxygen atoms in total. The summed E-state index contributed by atoms with van der Waals surface area (Å²) in [6, 6.07) is -2.05. The number of benzene rings is 7. The summed E-state index contributed by atoms with van der Waals surface area (Å²) in [5.74, 6) is -0.0878. The molecule has 2 aliphatic rings. The Balaban J connectivity index is 1.26. The molecule has 0 atom stereocenters. The summed E-state index contributed by atoms with van der Waals surface area (Å²) in [5.41, 5.74) is -0.326. The van der Waals surface area contributed by atoms with Crippen molar-refractivity contribution in [2.75, 3.05) is 0 Å². The SMILES string of the molecule is [2H]c1c([2H])c(-n2c3c([2H])c([2H])c([2H])c([2H])c3c3c([2H])c([2H])c([2H])c([2H])c32)c([2H])c2c1Oc1cc(-n3c4c([2H])c([2H])c([2H])c([2H])c4c4c([2H])c([2H])c([2H])c([2H])c43)cc3c1B2Oc1ccccc1-3. The molecule has 2 aliphatic heterocycles. The van der Waals surface area contributed by atoms with Crippen molar-refractivity contribution >= 4 is 61.5 Å². The van der Waals surface area contributed by atoms with Crippen LogP contribution in [0.4, 0.5) is 0 Å². The second-order valence-corrected chi connectivity index (χ2v) is 11.0. The van der Waals surface area contributed by atoms with Crippen LogP contribution in [0, 0.1) is 0 Å². The lowest BCUT2D eigenvalue weighted by Crippen LogP contribution is -2.53. The van der Waals surface area contributed by atoms with Crippen molar-refractivity contribution in [2.24, 2.45) is 0 Å². The average Bonchev–Trinajstić information content (AvgIpc) is 3.85. The van der Waals surface area contributed by atoms with Crippen molar-refractivity contribution in [3.8, 4) is 39.8 Å². The van der Waals surface area contributed by atoms with Crippen LogP contribution in [-0.2, 0) is 0 Å². The molecule has 0 saturated carbocycles. The first-order chi connectivity index (χ1) is 31.2. The Bertz CT molecular complexity index is 3690. The Hall–Kier alpha value is -6.20. The van der Waals surface area contributed by atoms with Gasteiger partial charge in [0.05, 0.1) is 53.8 Å². The first-order valence-electron chi connectivity index (χ1n) is 24.0. The number of rotatable bonds is 2. The van der Waals surface area contributed by atoms with Crippen LogP contribution < -0.4 is 20.3 Å². The zero-order valence-electron chi connectivity index (χ0n) is 42.8. The molecule has 0 fully saturated rings. The van der Waals surface area contributed by atoms with Gasteiger partial charge < -0.3 is 18.5 Å². The molecule has 0 N–H and O–H groups in total. The van der Waals surface area contributed by atoms with Gasteiger partial charge in [-0.3, -0.25) is 0 Å². The van der Waals surface area contributed by atoms with Crippen molar-refractivity contribution in [2.45, 2.75) is 0 Å². The lowest BCUT2D eigenvalue weighted by molar-refractivity contribution is 0.479. The molecule has 0 saturated heterocycles. The van der Waals surface area contributed by atoms with Gasteiger partial charge in [-0.05, 0) is 60.0 Å². The van der Waals surface area contributed by atoms with Gasteiger partial charge in [0, 0.05) is 49.8 Å². The van der Waals surface area contributed by atoms with Crippen LogP contribution in [0.5, 0.6) is 17.2 Å². The Kier molecular flexibility index (Phi) is 2.59. The number of hydrogen-bond donors (Lipinski definition) is 0. The molecular weight excluding hydrogens is 575 g/mol. The fraction of sp³-hybridized carbons (Fsp3) is 0. The predicted octanol–water partition coefficient (Wildman–Crippen LogP) is 9.15. The summed E-state index contributed by atoms with van der Waals surface area (Å²) in [6.45, 7) is -1.30. The Labute approximate surface area is 297 Å². The quantitative estimate of drug-likeness (QED) is 0.181. The number of aromatic nitrogens is 2. The van der Waals surface area contributed by atoms with E-state index in [0.29, 0.717) is 11.1 Å². The molecule has 11 rings (SSSR count). The number of fused-ring (bicyclic) bond motifs is 10. The van der Waals surface area contributed by atoms with Crippen LogP contribution >= 0.6 is 0 Å². The lowest BCUT2D eigenvalue weighted by atomic mass is 9.50. The topological polar surface area (TPSA) is 28.3 Å². The monoisotopic (exact) mass is 619 g/mol. The molecule has 0 amide bonds. The highest BCUT2D eigenvalue weighted by atomic mass is 16.5. The summed E-state index contributed by atoms with van der Waals surface area (Å²) in [5, 5.41) is -0.878. The largest absolute Gasteiger partial charge is 0.551 e. The van der Waals surface area contributed by atoms with E-state index in [2.05, 4.69) is 0 Å². The fourth-order valence-corrected chi connectivity index (χ4v) is 6.71. The van der Waals surface area contributed by atoms with Gasteiger partial charge in [0.1, 0.15) is 17.2 Å². The van der Waals surface area contributed by atoms with Gasteiger partial charge in [0.25, 0.3) is 0 Å². The van der Waals surface area contributed by atoms with Crippen LogP contribution in [0.25, 0.3) is 66.1 Å². The highest BCUT2D eigenvalue weighted by Gasteiger charge is 2.41. The molecule has 4 heterocycles. The van der Waals surface area contributed by atoms with E-state index in [-0.39, 0.29) is 77.5 Å². The van der Waals surface area contributed by atoms with Gasteiger partial charge >= 0.3 is 6.92 Å². The summed E-state index contributed by atoms with van der Waals surface area (Å²) >= 11 is 0. The Morgan fingerprint density at radius 2 is 1.06 bits per heavy atom. The third-order valence-corrected chi connectivity index (χ3v) is 8.62. The van der Waals surface area contributed by atoms with Gasteiger partial charge in [0.2, 0.25) is 0 Å². The van der Waals surface area contributed by atoms with E-state index in [9.17, 15) is 4.11 Å². The second kappa shape index (κ2) is 9.18. The molecule has 0 aliphatic carbocycles. The maximum Gasteiger partial charge on any atom is 0.434 e. The molecule has 2 aromatic heterocycles. The summed E-state index contributed by atoms with van der Waals surface area (Å²) in [6.07, 6.45) is 0. The summed E-state index contributed by atoms with van der Waals surface area (Å²) in [4.78, 5) is 0. The molecule has 218 valence electrons. The first kappa shape index (κ1) is 13.3. The zero-order chi connectivity index (χ0) is 47.2. The van der Waals surface area contributed by atoms with E-state index in [0.717, 1.165) is 4.57 Å². The van der Waals surface area contributed by atoms with Crippen molar-refractivity contribution < 1.29 is 35.4 Å². The highest BCUT2D eigenvalue weighted by Crippen LogP contribution is 2.42. The third-order valence-electron chi connectivity index (χ3n) is 8.62. The average molecular weight is 620 g/mol. The molecule has 9 aromatic rings. The van der Waals surface area contributed by atoms with E-state index in [1.165, 1.54) is 10.6 Å². The molecule has 5 heteroatoms. The fourth-order valence-electron chi connectivity index (χ4n) is 6.71. The van der Waals surface area contributed by atoms with Crippen molar-refractivity contribution in [1.82, 2.24) is 9.13 Å². The maximum atomic E-state index is 9.87. The molecule has 0 radical (unpaired) electrons. The minimum atomic E-state index is -1.30. The minimum Gasteiger partial charge on any atom is -0.551 e. The van der Waals surface area contributed by atoms with Crippen LogP contribution in [0.15, 0.2) is 151 Å². The van der Waals surface area contributed by atoms with Crippen LogP contribution in [0.2, 0.25) is 0 Å². The minimum absolute atomic E-state index is 0.00804. The number of hydrogen-bond acceptors (Lipinski definition) is 2. The van der Waals surface area contributed by atoms with Gasteiger partial charge in [-0.2, -0.15) is 0 Å². The van der Waals surface area contributed by atoms with Crippen molar-refractivity contribution in [3.05, 3.63) is 151 Å². The molecule has 47 heavy (non-hydrogen) atoms. The third kappa shape index (κ3) is 3.38. The van der Waals surface area contributed by atoms with E-state index in [1.54, 1.807) is 30.3 Å². The van der Waals surface area contributed by atoms with Crippen molar-refractivity contribution in [3.63, 3.8) is 0 Å². The van der Waals surface area contributed by atoms with E-state index < -0.39 is 127 Å². The lowest BCUT2D eigenvalue weighted by Gasteiger charge is -2.33. The summed E-state index contributed by atoms with van der Waals surface area (Å²) in [7, 11) is 0. The van der Waals surface area contributed by atoms with Gasteiger partial charge in [-0.15, -0.1) is 0 Å². The smallest absolute Gasteiger partial charge is 0.434 e. The Morgan fingerprint density at radius 1 is 0.511 bits per heavy atom. The van der Waals surface area contributed by atoms with E-state index in [1.807, 2.05) is 0 Å². The number of para-hydroxylation sites is 5. The number of nitrogens with zero attached hydrogens (tertiary/aromatic N) is 2. The van der Waals surface area contributed by atoms with Crippen LogP contribution in [-0.4, -0.2) is 16.0 Å². The van der Waals surface area contributed by atoms with E-state index in [4.69, 9.17) is 31.3 Å². The second-order valence-electron chi connectivity index (χ2n) is 11.0. The number of ether oxygens (including phenoxy) is 1. The Morgan fingerprint density at radius 3 is 1.68 bits per heavy atom. The molecule has 0 bridgehead atoms. The predicted molar refractivity (Wildman–Crippen MR) is 193 cm³/mol. The highest BCUT2D eigenvalue weighted by molar-refractivity contribution is 6.84. The molecule has 0 spiro atoms. The standard InChI is InChI=1S/C42H25BN2O2/c1-6-16-35-28(11-1)29-12-2-7-17-36(29)44(35)26-21-22-40-34(24-26)43-42-33(32-15-5-10-20-39(32)47-43)23-27(25-41(42)46-40)45-37-18-8-3-13-30(37)31-14-4-9-19-38(31)45/h1-25H/i1D,2D,3D,4D,6D,7D,8D,9D,11D,12D,13D,14D,16D,17D,18D,19D,21D,22D,24D. The van der Waals surface area contributed by atoms with Gasteiger partial charge in [-0.25, -0.2) is 0 Å². The first-order valence-corrected chi connectivity index (χ1v) is 14.5. The van der Waals surface area contributed by atoms with Crippen molar-refractivity contribution in [1.29, 1.82) is 0 Å². The van der Waals surface area contributed by atoms with Crippen LogP contribution in [0.1, 0.15) is 26.0 Å². The maximum absolute atomic E-state index is 9.87. The normalized spacial score (nSPS) is 18.6. The molecule has 0 unspecified atom stereocenters. The zero-order valence-corrected chi connectivity index (χ0v) is 23.8. The van der Waals surface area contributed by atoms with Gasteiger partial charge in [-0.1, -0.05) is 90.7 Å². The van der Waals surface area contributed by atoms with Crippen LogP contribution in [0.3, 0.4) is 0 Å². The van der Waals surface area contributed by atoms with E-state index >= 15 is 0 Å². The molecular formula is C42H25BN2O2. The summed E-state index contributed by atoms with van der Waals surface area (Å²) < 4.78 is 184. The van der Waals surface area contributed by atoms with Gasteiger partial charge in [0.15, 0.2) is 0 Å².